The van der Waals surface area contributed by atoms with Crippen LogP contribution in [0.15, 0.2) is 55.0 Å². The van der Waals surface area contributed by atoms with Crippen LogP contribution in [0.2, 0.25) is 5.02 Å². The number of hydrogen-bond acceptors (Lipinski definition) is 5. The number of hydrogen-bond donors (Lipinski definition) is 2. The molecule has 2 aromatic heterocycles. The van der Waals surface area contributed by atoms with E-state index in [0.717, 1.165) is 23.4 Å². The van der Waals surface area contributed by atoms with E-state index in [-0.39, 0.29) is 5.69 Å². The van der Waals surface area contributed by atoms with E-state index >= 15 is 0 Å². The molecule has 9 heteroatoms. The molecule has 4 aromatic rings. The second kappa shape index (κ2) is 13.3. The summed E-state index contributed by atoms with van der Waals surface area (Å²) in [5, 5.41) is 5.07. The van der Waals surface area contributed by atoms with Gasteiger partial charge in [0.1, 0.15) is 0 Å². The summed E-state index contributed by atoms with van der Waals surface area (Å²) in [6.45, 7) is 8.70. The highest BCUT2D eigenvalue weighted by molar-refractivity contribution is 7.75. The lowest BCUT2D eigenvalue weighted by Crippen LogP contribution is -2.20. The topological polar surface area (TPSA) is 98.2 Å². The lowest BCUT2D eigenvalue weighted by molar-refractivity contribution is -0.383. The average molecular weight is 516 g/mol. The first kappa shape index (κ1) is 28.4. The minimum absolute atomic E-state index is 0.247. The van der Waals surface area contributed by atoms with Crippen molar-refractivity contribution in [1.82, 2.24) is 15.3 Å². The van der Waals surface area contributed by atoms with Crippen molar-refractivity contribution in [2.75, 3.05) is 14.2 Å². The molecular formula is C26H33ClN4O3P+. The maximum absolute atomic E-state index is 13.8. The Balaban J connectivity index is 0.000000329. The Morgan fingerprint density at radius 2 is 1.83 bits per heavy atom. The molecule has 0 radical (unpaired) electrons. The minimum atomic E-state index is -3.45. The Kier molecular flexibility index (Phi) is 10.8. The van der Waals surface area contributed by atoms with Gasteiger partial charge in [-0.15, -0.1) is 0 Å². The van der Waals surface area contributed by atoms with Gasteiger partial charge in [0.2, 0.25) is 0 Å². The van der Waals surface area contributed by atoms with Crippen LogP contribution in [0.25, 0.3) is 10.9 Å². The summed E-state index contributed by atoms with van der Waals surface area (Å²) in [6.07, 6.45) is 4.20. The predicted octanol–water partition coefficient (Wildman–Crippen LogP) is 4.77. The van der Waals surface area contributed by atoms with E-state index in [2.05, 4.69) is 20.3 Å². The molecule has 35 heavy (non-hydrogen) atoms. The third-order valence-corrected chi connectivity index (χ3v) is 7.77. The van der Waals surface area contributed by atoms with Gasteiger partial charge in [0.05, 0.1) is 23.7 Å². The number of aromatic amines is 2. The Morgan fingerprint density at radius 3 is 2.37 bits per heavy atom. The summed E-state index contributed by atoms with van der Waals surface area (Å²) < 4.78 is 19.3. The Labute approximate surface area is 211 Å². The summed E-state index contributed by atoms with van der Waals surface area (Å²) in [4.78, 5) is 21.5. The molecule has 3 N–H and O–H groups in total. The highest BCUT2D eigenvalue weighted by Gasteiger charge is 2.34. The molecule has 0 bridgehead atoms. The fourth-order valence-electron chi connectivity index (χ4n) is 3.66. The molecule has 0 saturated heterocycles. The summed E-state index contributed by atoms with van der Waals surface area (Å²) in [7, 11) is -0.151. The number of aromatic nitrogens is 3. The third kappa shape index (κ3) is 6.86. The van der Waals surface area contributed by atoms with Crippen LogP contribution < -0.4 is 20.9 Å². The number of aldehydes is 1. The van der Waals surface area contributed by atoms with Gasteiger partial charge in [-0.3, -0.25) is 14.3 Å². The van der Waals surface area contributed by atoms with Gasteiger partial charge >= 0.3 is 0 Å². The van der Waals surface area contributed by atoms with Crippen molar-refractivity contribution in [2.45, 2.75) is 34.2 Å². The molecule has 2 aromatic carbocycles. The Morgan fingerprint density at radius 1 is 1.14 bits per heavy atom. The molecular weight excluding hydrogens is 483 g/mol. The molecule has 0 saturated carbocycles. The number of H-pyrrole nitrogens is 2. The number of nitrogens with zero attached hydrogens (tertiary/aromatic N) is 1. The number of benzene rings is 2. The van der Waals surface area contributed by atoms with Crippen molar-refractivity contribution in [3.63, 3.8) is 0 Å². The van der Waals surface area contributed by atoms with Crippen LogP contribution >= 0.6 is 19.0 Å². The molecule has 0 amide bonds. The Bertz CT molecular complexity index is 1290. The van der Waals surface area contributed by atoms with Crippen LogP contribution in [0.5, 0.6) is 0 Å². The Hall–Kier alpha value is -2.83. The van der Waals surface area contributed by atoms with Crippen molar-refractivity contribution >= 4 is 46.8 Å². The molecule has 186 valence electrons. The second-order valence-corrected chi connectivity index (χ2v) is 10.4. The zero-order valence-corrected chi connectivity index (χ0v) is 22.6. The van der Waals surface area contributed by atoms with E-state index in [4.69, 9.17) is 16.1 Å². The molecule has 1 unspecified atom stereocenters. The van der Waals surface area contributed by atoms with Gasteiger partial charge in [0, 0.05) is 34.4 Å². The first-order valence-electron chi connectivity index (χ1n) is 11.3. The first-order chi connectivity index (χ1) is 16.8. The van der Waals surface area contributed by atoms with Crippen LogP contribution in [-0.2, 0) is 15.6 Å². The average Bonchev–Trinajstić information content (AvgIpc) is 3.24. The zero-order chi connectivity index (χ0) is 26.0. The summed E-state index contributed by atoms with van der Waals surface area (Å²) >= 11 is 6.10. The van der Waals surface area contributed by atoms with E-state index in [1.807, 2.05) is 65.2 Å². The smallest absolute Gasteiger partial charge is 0.284 e. The number of nitrogens with one attached hydrogen (secondary N) is 3. The lowest BCUT2D eigenvalue weighted by Gasteiger charge is -2.18. The van der Waals surface area contributed by atoms with Gasteiger partial charge < -0.3 is 14.8 Å². The normalized spacial score (nSPS) is 12.1. The van der Waals surface area contributed by atoms with Crippen LogP contribution in [-0.4, -0.2) is 30.4 Å². The monoisotopic (exact) mass is 515 g/mol. The van der Waals surface area contributed by atoms with E-state index < -0.39 is 7.37 Å². The first-order valence-corrected chi connectivity index (χ1v) is 13.3. The minimum Gasteiger partial charge on any atom is -0.352 e. The number of fused-ring (bicyclic) bond motifs is 1. The van der Waals surface area contributed by atoms with Crippen molar-refractivity contribution in [1.29, 1.82) is 0 Å². The van der Waals surface area contributed by atoms with Gasteiger partial charge in [-0.1, -0.05) is 47.6 Å². The van der Waals surface area contributed by atoms with Crippen molar-refractivity contribution in [3.05, 3.63) is 82.5 Å². The fraction of sp³-hybridized carbons (Fsp3) is 0.269. The van der Waals surface area contributed by atoms with Gasteiger partial charge in [0.25, 0.3) is 13.7 Å². The van der Waals surface area contributed by atoms with Gasteiger partial charge in [0.15, 0.2) is 12.0 Å². The zero-order valence-electron chi connectivity index (χ0n) is 21.0. The van der Waals surface area contributed by atoms with Crippen molar-refractivity contribution in [3.8, 4) is 0 Å². The van der Waals surface area contributed by atoms with Crippen LogP contribution in [0.4, 0.5) is 0 Å². The van der Waals surface area contributed by atoms with Crippen LogP contribution in [0.1, 0.15) is 41.2 Å². The number of aryl methyl sites for hydroxylation is 2. The number of rotatable bonds is 6. The van der Waals surface area contributed by atoms with E-state index in [1.54, 1.807) is 24.5 Å². The van der Waals surface area contributed by atoms with Gasteiger partial charge in [-0.2, -0.15) is 0 Å². The van der Waals surface area contributed by atoms with Crippen LogP contribution in [0.3, 0.4) is 0 Å². The van der Waals surface area contributed by atoms with Gasteiger partial charge in [-0.25, -0.2) is 0 Å². The van der Waals surface area contributed by atoms with Crippen LogP contribution in [0, 0.1) is 13.8 Å². The van der Waals surface area contributed by atoms with E-state index in [0.29, 0.717) is 32.8 Å². The molecule has 0 aliphatic rings. The SMILES string of the molecule is CC.CNCc1cc[nH+]cn1.COP(=O)(c1cc(C)cc(C)c1)c1c(C=O)[nH]c2ccc(Cl)cc12. The van der Waals surface area contributed by atoms with Gasteiger partial charge in [-0.05, 0) is 51.2 Å². The summed E-state index contributed by atoms with van der Waals surface area (Å²) in [6, 6.07) is 12.8. The fourth-order valence-corrected chi connectivity index (χ4v) is 6.15. The molecule has 0 aliphatic carbocycles. The number of carbonyl (C=O) groups is 1. The third-order valence-electron chi connectivity index (χ3n) is 5.01. The van der Waals surface area contributed by atoms with E-state index in [1.165, 1.54) is 7.11 Å². The second-order valence-electron chi connectivity index (χ2n) is 7.55. The molecule has 0 aliphatic heterocycles. The van der Waals surface area contributed by atoms with Crippen molar-refractivity contribution < 1.29 is 18.9 Å². The highest BCUT2D eigenvalue weighted by Crippen LogP contribution is 2.47. The largest absolute Gasteiger partial charge is 0.352 e. The molecule has 7 nitrogen and oxygen atoms in total. The molecule has 1 atom stereocenters. The number of halogens is 1. The summed E-state index contributed by atoms with van der Waals surface area (Å²) in [5.41, 5.74) is 3.95. The van der Waals surface area contributed by atoms with Crippen molar-refractivity contribution in [2.24, 2.45) is 0 Å². The highest BCUT2D eigenvalue weighted by atomic mass is 35.5. The summed E-state index contributed by atoms with van der Waals surface area (Å²) in [5.74, 6) is 0. The molecule has 2 heterocycles. The maximum atomic E-state index is 13.8. The predicted molar refractivity (Wildman–Crippen MR) is 143 cm³/mol. The molecule has 4 rings (SSSR count). The maximum Gasteiger partial charge on any atom is 0.284 e. The lowest BCUT2D eigenvalue weighted by atomic mass is 10.2. The van der Waals surface area contributed by atoms with E-state index in [9.17, 15) is 9.36 Å². The molecule has 0 spiro atoms. The quantitative estimate of drug-likeness (QED) is 0.285. The molecule has 0 fully saturated rings. The standard InChI is InChI=1S/C18H17ClNO3P.C6H9N3.C2H6/c1-11-6-12(2)8-14(7-11)24(22,23-3)18-15-9-13(19)4-5-16(15)20-17(18)10-21;1-7-4-6-2-3-8-5-9-6;1-2/h4-10,20H,1-3H3;2-3,5,7H,4H2,1H3;1-2H3/p+1. The number of carbonyl (C=O) groups excluding carboxylic acids is 1.